The summed E-state index contributed by atoms with van der Waals surface area (Å²) in [7, 11) is -3.74. The second kappa shape index (κ2) is 7.96. The van der Waals surface area contributed by atoms with Crippen molar-refractivity contribution in [2.45, 2.75) is 43.9 Å². The summed E-state index contributed by atoms with van der Waals surface area (Å²) in [5.41, 5.74) is 3.84. The van der Waals surface area contributed by atoms with Gasteiger partial charge in [-0.1, -0.05) is 35.9 Å². The van der Waals surface area contributed by atoms with Crippen LogP contribution in [0.2, 0.25) is 0 Å². The van der Waals surface area contributed by atoms with Crippen molar-refractivity contribution in [1.29, 1.82) is 0 Å². The molecule has 7 heteroatoms. The lowest BCUT2D eigenvalue weighted by Gasteiger charge is -2.22. The molecule has 31 heavy (non-hydrogen) atoms. The standard InChI is InChI=1S/C24H26N4O2S/c1-18-8-7-11-20(16-18)31(29,30)28-17-27(15-14-19-9-3-2-4-10-19)23-24(28)26-22-13-6-5-12-21(22)25-23/h5-9,11-13,16H,2-4,10,14-15,17H2,1H3. The predicted molar refractivity (Wildman–Crippen MR) is 124 cm³/mol. The van der Waals surface area contributed by atoms with E-state index in [1.807, 2.05) is 37.3 Å². The Morgan fingerprint density at radius 2 is 1.74 bits per heavy atom. The molecular weight excluding hydrogens is 408 g/mol. The van der Waals surface area contributed by atoms with Crippen LogP contribution in [0.25, 0.3) is 11.0 Å². The molecular formula is C24H26N4O2S. The van der Waals surface area contributed by atoms with Gasteiger partial charge in [-0.3, -0.25) is 0 Å². The Morgan fingerprint density at radius 1 is 0.968 bits per heavy atom. The number of para-hydroxylation sites is 2. The predicted octanol–water partition coefficient (Wildman–Crippen LogP) is 4.80. The summed E-state index contributed by atoms with van der Waals surface area (Å²) < 4.78 is 28.5. The minimum absolute atomic E-state index is 0.231. The van der Waals surface area contributed by atoms with Gasteiger partial charge in [0, 0.05) is 6.54 Å². The maximum Gasteiger partial charge on any atom is 0.267 e. The lowest BCUT2D eigenvalue weighted by molar-refractivity contribution is 0.590. The summed E-state index contributed by atoms with van der Waals surface area (Å²) in [6.45, 7) is 2.86. The van der Waals surface area contributed by atoms with E-state index in [0.29, 0.717) is 17.2 Å². The highest BCUT2D eigenvalue weighted by Gasteiger charge is 2.37. The third-order valence-electron chi connectivity index (χ3n) is 6.03. The van der Waals surface area contributed by atoms with Crippen molar-refractivity contribution >= 4 is 32.7 Å². The van der Waals surface area contributed by atoms with Crippen molar-refractivity contribution in [1.82, 2.24) is 9.97 Å². The Kier molecular flexibility index (Phi) is 5.14. The number of rotatable bonds is 5. The lowest BCUT2D eigenvalue weighted by Crippen LogP contribution is -2.36. The quantitative estimate of drug-likeness (QED) is 0.540. The van der Waals surface area contributed by atoms with Crippen LogP contribution in [0.4, 0.5) is 11.6 Å². The fourth-order valence-electron chi connectivity index (χ4n) is 4.33. The molecule has 0 atom stereocenters. The molecule has 1 aliphatic heterocycles. The average Bonchev–Trinajstić information content (AvgIpc) is 3.15. The van der Waals surface area contributed by atoms with E-state index in [9.17, 15) is 8.42 Å². The van der Waals surface area contributed by atoms with Crippen LogP contribution >= 0.6 is 0 Å². The molecule has 0 spiro atoms. The largest absolute Gasteiger partial charge is 0.334 e. The van der Waals surface area contributed by atoms with Gasteiger partial charge >= 0.3 is 0 Å². The molecule has 2 aliphatic rings. The third kappa shape index (κ3) is 3.78. The Labute approximate surface area is 183 Å². The number of aryl methyl sites for hydroxylation is 1. The number of allylic oxidation sites excluding steroid dienone is 1. The maximum atomic E-state index is 13.6. The van der Waals surface area contributed by atoms with Gasteiger partial charge in [0.05, 0.1) is 15.9 Å². The first-order chi connectivity index (χ1) is 15.0. The lowest BCUT2D eigenvalue weighted by atomic mass is 9.97. The average molecular weight is 435 g/mol. The minimum atomic E-state index is -3.74. The van der Waals surface area contributed by atoms with E-state index in [-0.39, 0.29) is 11.6 Å². The fourth-order valence-corrected chi connectivity index (χ4v) is 5.81. The van der Waals surface area contributed by atoms with E-state index < -0.39 is 10.0 Å². The second-order valence-corrected chi connectivity index (χ2v) is 10.2. The fraction of sp³-hybridized carbons (Fsp3) is 0.333. The summed E-state index contributed by atoms with van der Waals surface area (Å²) in [6, 6.07) is 14.6. The highest BCUT2D eigenvalue weighted by Crippen LogP contribution is 2.38. The van der Waals surface area contributed by atoms with Crippen molar-refractivity contribution in [2.75, 3.05) is 22.4 Å². The monoisotopic (exact) mass is 434 g/mol. The number of hydrogen-bond acceptors (Lipinski definition) is 5. The number of hydrogen-bond donors (Lipinski definition) is 0. The number of sulfonamides is 1. The maximum absolute atomic E-state index is 13.6. The summed E-state index contributed by atoms with van der Waals surface area (Å²) in [6.07, 6.45) is 8.04. The molecule has 0 bridgehead atoms. The first kappa shape index (κ1) is 20.0. The van der Waals surface area contributed by atoms with Crippen molar-refractivity contribution in [3.63, 3.8) is 0 Å². The molecule has 2 heterocycles. The van der Waals surface area contributed by atoms with Crippen molar-refractivity contribution in [3.05, 3.63) is 65.7 Å². The van der Waals surface area contributed by atoms with E-state index in [1.54, 1.807) is 18.2 Å². The molecule has 6 nitrogen and oxygen atoms in total. The number of fused-ring (bicyclic) bond motifs is 2. The van der Waals surface area contributed by atoms with Gasteiger partial charge in [0.15, 0.2) is 11.6 Å². The molecule has 1 aromatic heterocycles. The first-order valence-corrected chi connectivity index (χ1v) is 12.3. The molecule has 160 valence electrons. The Bertz CT molecular complexity index is 1270. The molecule has 0 unspecified atom stereocenters. The van der Waals surface area contributed by atoms with Crippen molar-refractivity contribution < 1.29 is 8.42 Å². The van der Waals surface area contributed by atoms with Crippen LogP contribution in [-0.4, -0.2) is 31.6 Å². The highest BCUT2D eigenvalue weighted by molar-refractivity contribution is 7.92. The Hall–Kier alpha value is -2.93. The molecule has 0 radical (unpaired) electrons. The van der Waals surface area contributed by atoms with E-state index in [1.165, 1.54) is 22.7 Å². The van der Waals surface area contributed by atoms with Gasteiger partial charge in [-0.05, 0) is 68.9 Å². The molecule has 1 aliphatic carbocycles. The van der Waals surface area contributed by atoms with Gasteiger partial charge in [-0.2, -0.15) is 0 Å². The summed E-state index contributed by atoms with van der Waals surface area (Å²) in [4.78, 5) is 11.9. The zero-order valence-corrected chi connectivity index (χ0v) is 18.5. The van der Waals surface area contributed by atoms with Crippen LogP contribution < -0.4 is 9.21 Å². The number of anilines is 2. The van der Waals surface area contributed by atoms with Gasteiger partial charge in [0.1, 0.15) is 6.67 Å². The molecule has 0 saturated carbocycles. The molecule has 0 saturated heterocycles. The second-order valence-electron chi connectivity index (χ2n) is 8.29. The van der Waals surface area contributed by atoms with Gasteiger partial charge in [0.2, 0.25) is 0 Å². The van der Waals surface area contributed by atoms with Crippen LogP contribution in [0.3, 0.4) is 0 Å². The highest BCUT2D eigenvalue weighted by atomic mass is 32.2. The van der Waals surface area contributed by atoms with Crippen LogP contribution in [0.15, 0.2) is 65.1 Å². The van der Waals surface area contributed by atoms with Crippen LogP contribution in [0.5, 0.6) is 0 Å². The molecule has 0 N–H and O–H groups in total. The smallest absolute Gasteiger partial charge is 0.267 e. The SMILES string of the molecule is Cc1cccc(S(=O)(=O)N2CN(CCC3=CCCCC3)c3nc4ccccc4nc32)c1. The van der Waals surface area contributed by atoms with Gasteiger partial charge in [-0.15, -0.1) is 0 Å². The molecule has 3 aromatic rings. The third-order valence-corrected chi connectivity index (χ3v) is 7.75. The van der Waals surface area contributed by atoms with E-state index in [4.69, 9.17) is 9.97 Å². The molecule has 0 fully saturated rings. The topological polar surface area (TPSA) is 66.4 Å². The Morgan fingerprint density at radius 3 is 2.45 bits per heavy atom. The van der Waals surface area contributed by atoms with Gasteiger partial charge in [-0.25, -0.2) is 22.7 Å². The summed E-state index contributed by atoms with van der Waals surface area (Å²) in [5.74, 6) is 1.06. The number of nitrogens with zero attached hydrogens (tertiary/aromatic N) is 4. The van der Waals surface area contributed by atoms with E-state index >= 15 is 0 Å². The first-order valence-electron chi connectivity index (χ1n) is 10.8. The number of aromatic nitrogens is 2. The zero-order valence-electron chi connectivity index (χ0n) is 17.7. The minimum Gasteiger partial charge on any atom is -0.334 e. The normalized spacial score (nSPS) is 16.5. The molecule has 0 amide bonds. The Balaban J connectivity index is 1.54. The van der Waals surface area contributed by atoms with Crippen LogP contribution in [-0.2, 0) is 10.0 Å². The van der Waals surface area contributed by atoms with Crippen molar-refractivity contribution in [3.8, 4) is 0 Å². The van der Waals surface area contributed by atoms with E-state index in [0.717, 1.165) is 36.9 Å². The van der Waals surface area contributed by atoms with Crippen LogP contribution in [0.1, 0.15) is 37.7 Å². The van der Waals surface area contributed by atoms with Crippen LogP contribution in [0, 0.1) is 6.92 Å². The summed E-state index contributed by atoms with van der Waals surface area (Å²) >= 11 is 0. The number of benzene rings is 2. The molecule has 5 rings (SSSR count). The van der Waals surface area contributed by atoms with Gasteiger partial charge < -0.3 is 4.90 Å². The molecule has 2 aromatic carbocycles. The van der Waals surface area contributed by atoms with Crippen molar-refractivity contribution in [2.24, 2.45) is 0 Å². The zero-order chi connectivity index (χ0) is 21.4. The summed E-state index contributed by atoms with van der Waals surface area (Å²) in [5, 5.41) is 0. The van der Waals surface area contributed by atoms with E-state index in [2.05, 4.69) is 11.0 Å². The van der Waals surface area contributed by atoms with Gasteiger partial charge in [0.25, 0.3) is 10.0 Å².